The van der Waals surface area contributed by atoms with E-state index in [9.17, 15) is 10.1 Å². The van der Waals surface area contributed by atoms with E-state index < -0.39 is 11.9 Å². The van der Waals surface area contributed by atoms with Crippen molar-refractivity contribution in [3.8, 4) is 23.3 Å². The fraction of sp³-hybridized carbons (Fsp3) is 0.0833. The summed E-state index contributed by atoms with van der Waals surface area (Å²) in [5.74, 6) is -0.370. The van der Waals surface area contributed by atoms with E-state index in [-0.39, 0.29) is 38.6 Å². The first-order valence-electron chi connectivity index (χ1n) is 9.54. The number of hydrogen-bond acceptors (Lipinski definition) is 6. The largest absolute Gasteiger partial charge is 0.494 e. The molecule has 2 N–H and O–H groups in total. The normalized spacial score (nSPS) is 14.7. The van der Waals surface area contributed by atoms with Crippen molar-refractivity contribution in [2.75, 3.05) is 7.11 Å². The van der Waals surface area contributed by atoms with Gasteiger partial charge in [-0.1, -0.05) is 53.0 Å². The Labute approximate surface area is 204 Å². The van der Waals surface area contributed by atoms with Gasteiger partial charge in [-0.2, -0.15) is 5.26 Å². The Kier molecular flexibility index (Phi) is 6.39. The molecule has 1 aliphatic heterocycles. The Bertz CT molecular complexity index is 1320. The van der Waals surface area contributed by atoms with Crippen molar-refractivity contribution in [3.05, 3.63) is 97.8 Å². The van der Waals surface area contributed by atoms with Gasteiger partial charge in [0.15, 0.2) is 5.75 Å². The molecule has 0 aliphatic carbocycles. The quantitative estimate of drug-likeness (QED) is 0.343. The lowest BCUT2D eigenvalue weighted by Gasteiger charge is -2.26. The first kappa shape index (κ1) is 22.8. The number of esters is 1. The summed E-state index contributed by atoms with van der Waals surface area (Å²) in [6.45, 7) is 0. The summed E-state index contributed by atoms with van der Waals surface area (Å²) in [7, 11) is 1.42. The van der Waals surface area contributed by atoms with E-state index in [4.69, 9.17) is 54.7 Å². The second-order valence-corrected chi connectivity index (χ2v) is 8.29. The van der Waals surface area contributed by atoms with Crippen LogP contribution in [0.3, 0.4) is 0 Å². The maximum absolute atomic E-state index is 12.7. The van der Waals surface area contributed by atoms with Crippen molar-refractivity contribution in [1.29, 1.82) is 5.26 Å². The zero-order chi connectivity index (χ0) is 23.7. The highest BCUT2D eigenvalue weighted by Crippen LogP contribution is 2.44. The molecule has 3 aromatic rings. The molecule has 0 saturated carbocycles. The molecule has 0 aromatic heterocycles. The maximum atomic E-state index is 12.7. The van der Waals surface area contributed by atoms with Crippen LogP contribution in [-0.4, -0.2) is 13.1 Å². The lowest BCUT2D eigenvalue weighted by molar-refractivity contribution is 0.0734. The topological polar surface area (TPSA) is 94.6 Å². The summed E-state index contributed by atoms with van der Waals surface area (Å²) >= 11 is 18.4. The number of carbonyl (C=O) groups is 1. The molecule has 0 fully saturated rings. The molecule has 1 heterocycles. The van der Waals surface area contributed by atoms with Gasteiger partial charge in [0.05, 0.1) is 28.6 Å². The molecule has 6 nitrogen and oxygen atoms in total. The van der Waals surface area contributed by atoms with E-state index in [2.05, 4.69) is 6.07 Å². The highest BCUT2D eigenvalue weighted by atomic mass is 35.5. The summed E-state index contributed by atoms with van der Waals surface area (Å²) in [5, 5.41) is 10.6. The lowest BCUT2D eigenvalue weighted by Crippen LogP contribution is -2.21. The van der Waals surface area contributed by atoms with Crippen molar-refractivity contribution in [2.45, 2.75) is 5.92 Å². The van der Waals surface area contributed by atoms with Crippen molar-refractivity contribution < 1.29 is 19.0 Å². The van der Waals surface area contributed by atoms with Crippen LogP contribution >= 0.6 is 34.8 Å². The summed E-state index contributed by atoms with van der Waals surface area (Å²) in [6, 6.07) is 16.9. The third-order valence-corrected chi connectivity index (χ3v) is 5.82. The van der Waals surface area contributed by atoms with Crippen LogP contribution in [0.2, 0.25) is 15.1 Å². The van der Waals surface area contributed by atoms with Crippen molar-refractivity contribution >= 4 is 40.8 Å². The third-order valence-electron chi connectivity index (χ3n) is 5.02. The molecule has 0 saturated heterocycles. The fourth-order valence-electron chi connectivity index (χ4n) is 3.57. The Hall–Kier alpha value is -3.37. The molecule has 0 bridgehead atoms. The van der Waals surface area contributed by atoms with Gasteiger partial charge in [0.2, 0.25) is 5.88 Å². The Morgan fingerprint density at radius 3 is 2.45 bits per heavy atom. The van der Waals surface area contributed by atoms with Gasteiger partial charge in [-0.25, -0.2) is 4.79 Å². The predicted octanol–water partition coefficient (Wildman–Crippen LogP) is 6.09. The molecule has 1 atom stereocenters. The average Bonchev–Trinajstić information content (AvgIpc) is 2.77. The standard InChI is InChI=1S/C24H15Cl3N2O4/c1-31-22-18(26)8-13(9-19(22)27)24(30)32-15-5-6-16-20(10-15)33-23(29)17(11-28)21(16)12-3-2-4-14(25)7-12/h2-10,21H,29H2,1H3. The molecule has 4 rings (SSSR count). The summed E-state index contributed by atoms with van der Waals surface area (Å²) in [4.78, 5) is 12.7. The van der Waals surface area contributed by atoms with Crippen LogP contribution in [0.4, 0.5) is 0 Å². The molecule has 0 radical (unpaired) electrons. The second kappa shape index (κ2) is 9.24. The van der Waals surface area contributed by atoms with Crippen molar-refractivity contribution in [1.82, 2.24) is 0 Å². The number of benzene rings is 3. The highest BCUT2D eigenvalue weighted by Gasteiger charge is 2.31. The van der Waals surface area contributed by atoms with Gasteiger partial charge in [-0.3, -0.25) is 0 Å². The maximum Gasteiger partial charge on any atom is 0.343 e. The van der Waals surface area contributed by atoms with Gasteiger partial charge in [0.1, 0.15) is 23.1 Å². The van der Waals surface area contributed by atoms with Crippen LogP contribution in [0.25, 0.3) is 0 Å². The minimum absolute atomic E-state index is 0.0350. The highest BCUT2D eigenvalue weighted by molar-refractivity contribution is 6.37. The Morgan fingerprint density at radius 2 is 1.82 bits per heavy atom. The van der Waals surface area contributed by atoms with Gasteiger partial charge in [-0.05, 0) is 35.9 Å². The lowest BCUT2D eigenvalue weighted by atomic mass is 9.83. The predicted molar refractivity (Wildman–Crippen MR) is 125 cm³/mol. The van der Waals surface area contributed by atoms with Crippen LogP contribution in [0.1, 0.15) is 27.4 Å². The van der Waals surface area contributed by atoms with Gasteiger partial charge in [0.25, 0.3) is 0 Å². The number of halogens is 3. The number of carbonyl (C=O) groups excluding carboxylic acids is 1. The van der Waals surface area contributed by atoms with Gasteiger partial charge in [-0.15, -0.1) is 0 Å². The molecule has 9 heteroatoms. The average molecular weight is 502 g/mol. The number of hydrogen-bond donors (Lipinski definition) is 1. The van der Waals surface area contributed by atoms with Gasteiger partial charge >= 0.3 is 5.97 Å². The summed E-state index contributed by atoms with van der Waals surface area (Å²) in [6.07, 6.45) is 0. The Morgan fingerprint density at radius 1 is 1.09 bits per heavy atom. The zero-order valence-corrected chi connectivity index (χ0v) is 19.3. The van der Waals surface area contributed by atoms with E-state index in [0.717, 1.165) is 5.56 Å². The number of nitrogens with zero attached hydrogens (tertiary/aromatic N) is 1. The van der Waals surface area contributed by atoms with Crippen LogP contribution in [0.15, 0.2) is 66.1 Å². The molecule has 1 unspecified atom stereocenters. The second-order valence-electron chi connectivity index (χ2n) is 7.04. The van der Waals surface area contributed by atoms with E-state index in [1.807, 2.05) is 6.07 Å². The SMILES string of the molecule is COc1c(Cl)cc(C(=O)Oc2ccc3c(c2)OC(N)=C(C#N)C3c2cccc(Cl)c2)cc1Cl. The number of fused-ring (bicyclic) bond motifs is 1. The molecule has 1 aliphatic rings. The van der Waals surface area contributed by atoms with Gasteiger partial charge in [0, 0.05) is 16.7 Å². The van der Waals surface area contributed by atoms with Crippen LogP contribution < -0.4 is 19.9 Å². The molecular formula is C24H15Cl3N2O4. The fourth-order valence-corrected chi connectivity index (χ4v) is 4.41. The minimum atomic E-state index is -0.676. The van der Waals surface area contributed by atoms with E-state index in [1.54, 1.807) is 30.3 Å². The number of allylic oxidation sites excluding steroid dienone is 1. The molecule has 166 valence electrons. The van der Waals surface area contributed by atoms with Gasteiger partial charge < -0.3 is 19.9 Å². The number of nitrogens with two attached hydrogens (primary N) is 1. The number of nitriles is 1. The van der Waals surface area contributed by atoms with E-state index >= 15 is 0 Å². The molecule has 3 aromatic carbocycles. The van der Waals surface area contributed by atoms with E-state index in [0.29, 0.717) is 16.3 Å². The summed E-state index contributed by atoms with van der Waals surface area (Å²) in [5.41, 5.74) is 7.89. The molecule has 0 amide bonds. The molecule has 0 spiro atoms. The third kappa shape index (κ3) is 4.44. The monoisotopic (exact) mass is 500 g/mol. The number of rotatable bonds is 4. The Balaban J connectivity index is 1.68. The van der Waals surface area contributed by atoms with Crippen LogP contribution in [-0.2, 0) is 0 Å². The first-order valence-corrected chi connectivity index (χ1v) is 10.7. The minimum Gasteiger partial charge on any atom is -0.494 e. The smallest absolute Gasteiger partial charge is 0.343 e. The van der Waals surface area contributed by atoms with Crippen LogP contribution in [0.5, 0.6) is 17.2 Å². The number of methoxy groups -OCH3 is 1. The summed E-state index contributed by atoms with van der Waals surface area (Å²) < 4.78 is 16.2. The molecular weight excluding hydrogens is 487 g/mol. The first-order chi connectivity index (χ1) is 15.8. The van der Waals surface area contributed by atoms with E-state index in [1.165, 1.54) is 25.3 Å². The van der Waals surface area contributed by atoms with Crippen molar-refractivity contribution in [3.63, 3.8) is 0 Å². The zero-order valence-electron chi connectivity index (χ0n) is 17.1. The number of ether oxygens (including phenoxy) is 3. The van der Waals surface area contributed by atoms with Crippen LogP contribution in [0, 0.1) is 11.3 Å². The van der Waals surface area contributed by atoms with Crippen molar-refractivity contribution in [2.24, 2.45) is 5.73 Å². The molecule has 33 heavy (non-hydrogen) atoms.